The number of alkyl carbamates (subject to hydrolysis) is 1. The number of aromatic hydroxyl groups is 1. The van der Waals surface area contributed by atoms with Crippen molar-refractivity contribution in [3.05, 3.63) is 65.2 Å². The van der Waals surface area contributed by atoms with E-state index in [0.29, 0.717) is 11.1 Å². The number of rotatable bonds is 12. The Hall–Kier alpha value is -4.08. The largest absolute Gasteiger partial charge is 0.508 e. The molecule has 0 aliphatic heterocycles. The zero-order valence-electron chi connectivity index (χ0n) is 24.2. The zero-order chi connectivity index (χ0) is 29.9. The third kappa shape index (κ3) is 10.2. The van der Waals surface area contributed by atoms with Crippen LogP contribution in [0.2, 0.25) is 0 Å². The number of hydrogen-bond acceptors (Lipinski definition) is 7. The topological polar surface area (TPSA) is 134 Å². The number of nitrogens with zero attached hydrogens (tertiary/aromatic N) is 1. The van der Waals surface area contributed by atoms with Crippen molar-refractivity contribution >= 4 is 23.9 Å². The van der Waals surface area contributed by atoms with Crippen LogP contribution in [0.1, 0.15) is 63.8 Å². The summed E-state index contributed by atoms with van der Waals surface area (Å²) in [7, 11) is 0. The lowest BCUT2D eigenvalue weighted by Crippen LogP contribution is -2.53. The summed E-state index contributed by atoms with van der Waals surface area (Å²) in [5.41, 5.74) is 1.46. The molecule has 40 heavy (non-hydrogen) atoms. The lowest BCUT2D eigenvalue weighted by molar-refractivity contribution is -0.144. The third-order valence-corrected chi connectivity index (χ3v) is 5.88. The number of aryl methyl sites for hydroxylation is 1. The maximum absolute atomic E-state index is 14.1. The number of ether oxygens (including phenoxy) is 2. The average Bonchev–Trinajstić information content (AvgIpc) is 2.87. The summed E-state index contributed by atoms with van der Waals surface area (Å²) < 4.78 is 10.3. The van der Waals surface area contributed by atoms with Crippen molar-refractivity contribution in [2.45, 2.75) is 72.1 Å². The van der Waals surface area contributed by atoms with Crippen LogP contribution in [0.3, 0.4) is 0 Å². The number of likely N-dealkylation sites (N-methyl/N-ethyl adjacent to an activating group) is 1. The molecule has 2 rings (SSSR count). The van der Waals surface area contributed by atoms with Crippen LogP contribution in [-0.2, 0) is 30.3 Å². The van der Waals surface area contributed by atoms with E-state index in [2.05, 4.69) is 10.6 Å². The minimum atomic E-state index is -1.07. The van der Waals surface area contributed by atoms with Gasteiger partial charge in [-0.3, -0.25) is 14.4 Å². The molecular weight excluding hydrogens is 514 g/mol. The number of nitrogens with one attached hydrogen (secondary N) is 2. The fourth-order valence-corrected chi connectivity index (χ4v) is 4.02. The van der Waals surface area contributed by atoms with Crippen LogP contribution in [0.4, 0.5) is 4.79 Å². The van der Waals surface area contributed by atoms with Crippen molar-refractivity contribution in [1.29, 1.82) is 0 Å². The molecule has 3 N–H and O–H groups in total. The predicted octanol–water partition coefficient (Wildman–Crippen LogP) is 3.80. The number of phenols is 1. The second-order valence-electron chi connectivity index (χ2n) is 10.4. The van der Waals surface area contributed by atoms with Crippen LogP contribution in [0.25, 0.3) is 0 Å². The highest BCUT2D eigenvalue weighted by molar-refractivity contribution is 5.92. The van der Waals surface area contributed by atoms with Gasteiger partial charge in [-0.1, -0.05) is 42.0 Å². The Balaban J connectivity index is 2.40. The van der Waals surface area contributed by atoms with Crippen LogP contribution in [0.15, 0.2) is 48.5 Å². The molecule has 0 aromatic heterocycles. The number of hydrogen-bond donors (Lipinski definition) is 3. The summed E-state index contributed by atoms with van der Waals surface area (Å²) in [5, 5.41) is 15.1. The highest BCUT2D eigenvalue weighted by atomic mass is 16.6. The molecule has 0 bridgehead atoms. The van der Waals surface area contributed by atoms with Crippen molar-refractivity contribution in [3.8, 4) is 5.75 Å². The maximum atomic E-state index is 14.1. The van der Waals surface area contributed by atoms with Crippen LogP contribution in [0, 0.1) is 6.92 Å². The van der Waals surface area contributed by atoms with E-state index >= 15 is 0 Å². The summed E-state index contributed by atoms with van der Waals surface area (Å²) >= 11 is 0. The van der Waals surface area contributed by atoms with E-state index in [-0.39, 0.29) is 38.3 Å². The van der Waals surface area contributed by atoms with Gasteiger partial charge >= 0.3 is 12.1 Å². The van der Waals surface area contributed by atoms with Gasteiger partial charge in [0.2, 0.25) is 11.8 Å². The van der Waals surface area contributed by atoms with Gasteiger partial charge in [0.1, 0.15) is 23.4 Å². The molecule has 0 aliphatic carbocycles. The minimum Gasteiger partial charge on any atom is -0.508 e. The summed E-state index contributed by atoms with van der Waals surface area (Å²) in [6.07, 6.45) is -0.685. The zero-order valence-corrected chi connectivity index (χ0v) is 24.2. The van der Waals surface area contributed by atoms with Gasteiger partial charge in [0.05, 0.1) is 13.0 Å². The predicted molar refractivity (Wildman–Crippen MR) is 151 cm³/mol. The molecule has 2 unspecified atom stereocenters. The van der Waals surface area contributed by atoms with Crippen molar-refractivity contribution in [1.82, 2.24) is 15.5 Å². The normalized spacial score (nSPS) is 12.6. The first-order valence-corrected chi connectivity index (χ1v) is 13.4. The van der Waals surface area contributed by atoms with Crippen molar-refractivity contribution in [2.24, 2.45) is 0 Å². The lowest BCUT2D eigenvalue weighted by atomic mass is 9.99. The first kappa shape index (κ1) is 32.1. The molecule has 10 nitrogen and oxygen atoms in total. The van der Waals surface area contributed by atoms with Crippen LogP contribution in [0.5, 0.6) is 5.75 Å². The van der Waals surface area contributed by atoms with E-state index in [1.165, 1.54) is 17.0 Å². The quantitative estimate of drug-likeness (QED) is 0.339. The second-order valence-corrected chi connectivity index (χ2v) is 10.4. The van der Waals surface area contributed by atoms with Crippen molar-refractivity contribution < 1.29 is 33.8 Å². The fraction of sp³-hybridized carbons (Fsp3) is 0.467. The van der Waals surface area contributed by atoms with E-state index in [0.717, 1.165) is 5.56 Å². The molecule has 0 radical (unpaired) electrons. The summed E-state index contributed by atoms with van der Waals surface area (Å²) in [5.74, 6) is -1.33. The van der Waals surface area contributed by atoms with Gasteiger partial charge in [-0.25, -0.2) is 4.79 Å². The molecule has 2 aromatic rings. The Bertz CT molecular complexity index is 1140. The molecule has 0 saturated carbocycles. The van der Waals surface area contributed by atoms with Gasteiger partial charge in [-0.05, 0) is 64.8 Å². The molecule has 10 heteroatoms. The van der Waals surface area contributed by atoms with E-state index in [1.54, 1.807) is 58.9 Å². The van der Waals surface area contributed by atoms with Crippen molar-refractivity contribution in [3.63, 3.8) is 0 Å². The standard InChI is InChI=1S/C30H41N3O7/c1-7-33(26(22-13-9-20(3)10-14-22)27(36)31-18-17-25(35)39-8-2)28(37)24(32-29(38)40-30(4,5)6)19-21-11-15-23(34)16-12-21/h9-16,24,26,34H,7-8,17-19H2,1-6H3,(H,31,36)(H,32,38). The fourth-order valence-electron chi connectivity index (χ4n) is 4.02. The van der Waals surface area contributed by atoms with E-state index in [1.807, 2.05) is 19.1 Å². The first-order chi connectivity index (χ1) is 18.8. The molecule has 0 heterocycles. The molecule has 0 spiro atoms. The molecule has 3 amide bonds. The van der Waals surface area contributed by atoms with Gasteiger partial charge in [-0.2, -0.15) is 0 Å². The Morgan fingerprint density at radius 1 is 0.975 bits per heavy atom. The Kier molecular flexibility index (Phi) is 12.0. The van der Waals surface area contributed by atoms with E-state index in [4.69, 9.17) is 9.47 Å². The molecule has 2 aromatic carbocycles. The molecular formula is C30H41N3O7. The van der Waals surface area contributed by atoms with Gasteiger partial charge in [0.15, 0.2) is 0 Å². The van der Waals surface area contributed by atoms with Crippen LogP contribution < -0.4 is 10.6 Å². The highest BCUT2D eigenvalue weighted by Gasteiger charge is 2.35. The van der Waals surface area contributed by atoms with E-state index in [9.17, 15) is 24.3 Å². The minimum absolute atomic E-state index is 0.00997. The van der Waals surface area contributed by atoms with Crippen molar-refractivity contribution in [2.75, 3.05) is 19.7 Å². The Morgan fingerprint density at radius 2 is 1.60 bits per heavy atom. The summed E-state index contributed by atoms with van der Waals surface area (Å²) in [6.45, 7) is 11.0. The average molecular weight is 556 g/mol. The Labute approximate surface area is 236 Å². The Morgan fingerprint density at radius 3 is 2.15 bits per heavy atom. The molecule has 0 saturated heterocycles. The number of carbonyl (C=O) groups excluding carboxylic acids is 4. The monoisotopic (exact) mass is 555 g/mol. The number of benzene rings is 2. The molecule has 2 atom stereocenters. The molecule has 0 aliphatic rings. The van der Waals surface area contributed by atoms with Gasteiger partial charge in [0.25, 0.3) is 0 Å². The molecule has 0 fully saturated rings. The number of carbonyl (C=O) groups is 4. The number of amides is 3. The van der Waals surface area contributed by atoms with Crippen LogP contribution in [-0.4, -0.2) is 65.2 Å². The van der Waals surface area contributed by atoms with Gasteiger partial charge in [0, 0.05) is 19.5 Å². The van der Waals surface area contributed by atoms with E-state index < -0.39 is 41.6 Å². The maximum Gasteiger partial charge on any atom is 0.408 e. The van der Waals surface area contributed by atoms with Gasteiger partial charge in [-0.15, -0.1) is 0 Å². The van der Waals surface area contributed by atoms with Crippen LogP contribution >= 0.6 is 0 Å². The number of phenolic OH excluding ortho intramolecular Hbond substituents is 1. The summed E-state index contributed by atoms with van der Waals surface area (Å²) in [6, 6.07) is 11.4. The third-order valence-electron chi connectivity index (χ3n) is 5.88. The first-order valence-electron chi connectivity index (χ1n) is 13.4. The smallest absolute Gasteiger partial charge is 0.408 e. The lowest BCUT2D eigenvalue weighted by Gasteiger charge is -2.34. The SMILES string of the molecule is CCOC(=O)CCNC(=O)C(c1ccc(C)cc1)N(CC)C(=O)C(Cc1ccc(O)cc1)NC(=O)OC(C)(C)C. The molecule has 218 valence electrons. The van der Waals surface area contributed by atoms with Gasteiger partial charge < -0.3 is 30.1 Å². The highest BCUT2D eigenvalue weighted by Crippen LogP contribution is 2.24. The second kappa shape index (κ2) is 14.9. The number of esters is 1. The summed E-state index contributed by atoms with van der Waals surface area (Å²) in [4.78, 5) is 53.5.